The Morgan fingerprint density at radius 3 is 2.41 bits per heavy atom. The maximum Gasteiger partial charge on any atom is 0.205 e. The maximum absolute atomic E-state index is 4.90. The number of tetrazole rings is 1. The summed E-state index contributed by atoms with van der Waals surface area (Å²) in [6.07, 6.45) is 2.60. The molecule has 0 fully saturated rings. The van der Waals surface area contributed by atoms with Crippen LogP contribution in [0.3, 0.4) is 0 Å². The Morgan fingerprint density at radius 1 is 0.938 bits per heavy atom. The molecule has 5 aromatic rings. The third-order valence-corrected chi connectivity index (χ3v) is 5.85. The van der Waals surface area contributed by atoms with E-state index in [0.29, 0.717) is 5.82 Å². The highest BCUT2D eigenvalue weighted by Crippen LogP contribution is 2.30. The van der Waals surface area contributed by atoms with E-state index in [0.717, 1.165) is 58.7 Å². The van der Waals surface area contributed by atoms with Crippen molar-refractivity contribution in [1.29, 1.82) is 0 Å². The number of rotatable bonds is 6. The van der Waals surface area contributed by atoms with Gasteiger partial charge < -0.3 is 0 Å². The van der Waals surface area contributed by atoms with Crippen molar-refractivity contribution in [1.82, 2.24) is 35.2 Å². The average molecular weight is 424 g/mol. The van der Waals surface area contributed by atoms with Crippen LogP contribution < -0.4 is 0 Å². The Kier molecular flexibility index (Phi) is 5.23. The molecule has 0 unspecified atom stereocenters. The Morgan fingerprint density at radius 2 is 1.72 bits per heavy atom. The van der Waals surface area contributed by atoms with Gasteiger partial charge in [-0.25, -0.2) is 9.50 Å². The Labute approximate surface area is 186 Å². The lowest BCUT2D eigenvalue weighted by molar-refractivity contribution is 0.842. The van der Waals surface area contributed by atoms with Crippen molar-refractivity contribution in [2.45, 2.75) is 40.0 Å². The van der Waals surface area contributed by atoms with Gasteiger partial charge in [0, 0.05) is 28.9 Å². The summed E-state index contributed by atoms with van der Waals surface area (Å²) >= 11 is 0. The number of hydrogen-bond donors (Lipinski definition) is 1. The molecule has 0 saturated carbocycles. The zero-order valence-electron chi connectivity index (χ0n) is 18.5. The van der Waals surface area contributed by atoms with Crippen LogP contribution in [0.4, 0.5) is 0 Å². The third-order valence-electron chi connectivity index (χ3n) is 5.85. The first-order valence-electron chi connectivity index (χ1n) is 11.0. The zero-order valence-corrected chi connectivity index (χ0v) is 18.5. The van der Waals surface area contributed by atoms with Crippen LogP contribution >= 0.6 is 0 Å². The summed E-state index contributed by atoms with van der Waals surface area (Å²) in [7, 11) is 0. The molecule has 7 nitrogen and oxygen atoms in total. The monoisotopic (exact) mass is 423 g/mol. The van der Waals surface area contributed by atoms with Crippen molar-refractivity contribution in [3.63, 3.8) is 0 Å². The van der Waals surface area contributed by atoms with Crippen molar-refractivity contribution in [3.05, 3.63) is 82.8 Å². The van der Waals surface area contributed by atoms with Gasteiger partial charge in [0.15, 0.2) is 5.65 Å². The summed E-state index contributed by atoms with van der Waals surface area (Å²) in [5.41, 5.74) is 9.92. The van der Waals surface area contributed by atoms with Crippen LogP contribution in [0.5, 0.6) is 0 Å². The second-order valence-corrected chi connectivity index (χ2v) is 7.91. The Hall–Kier alpha value is -3.87. The van der Waals surface area contributed by atoms with E-state index in [4.69, 9.17) is 10.1 Å². The van der Waals surface area contributed by atoms with Crippen LogP contribution in [-0.2, 0) is 19.3 Å². The number of H-pyrrole nitrogens is 1. The molecule has 0 amide bonds. The van der Waals surface area contributed by atoms with Gasteiger partial charge in [0.1, 0.15) is 0 Å². The number of fused-ring (bicyclic) bond motifs is 1. The fourth-order valence-electron chi connectivity index (χ4n) is 4.17. The van der Waals surface area contributed by atoms with Gasteiger partial charge in [-0.1, -0.05) is 62.4 Å². The Balaban J connectivity index is 1.51. The molecule has 7 heteroatoms. The van der Waals surface area contributed by atoms with Gasteiger partial charge in [-0.15, -0.1) is 10.2 Å². The number of nitrogens with zero attached hydrogens (tertiary/aromatic N) is 6. The molecular formula is C25H25N7. The maximum atomic E-state index is 4.90. The number of aromatic amines is 1. The van der Waals surface area contributed by atoms with Crippen molar-refractivity contribution < 1.29 is 0 Å². The van der Waals surface area contributed by atoms with E-state index < -0.39 is 0 Å². The van der Waals surface area contributed by atoms with Gasteiger partial charge >= 0.3 is 0 Å². The summed E-state index contributed by atoms with van der Waals surface area (Å²) in [5, 5.41) is 19.4. The molecule has 0 atom stereocenters. The molecule has 1 N–H and O–H groups in total. The van der Waals surface area contributed by atoms with E-state index in [2.05, 4.69) is 77.8 Å². The summed E-state index contributed by atoms with van der Waals surface area (Å²) in [6, 6.07) is 18.9. The first kappa shape index (κ1) is 20.1. The molecule has 3 heterocycles. The molecule has 0 aliphatic heterocycles. The molecule has 0 bridgehead atoms. The van der Waals surface area contributed by atoms with E-state index in [9.17, 15) is 0 Å². The van der Waals surface area contributed by atoms with Crippen molar-refractivity contribution in [2.75, 3.05) is 0 Å². The molecule has 0 radical (unpaired) electrons. The minimum atomic E-state index is 0.594. The third kappa shape index (κ3) is 3.56. The molecule has 2 aromatic carbocycles. The number of benzene rings is 2. The van der Waals surface area contributed by atoms with Gasteiger partial charge in [0.2, 0.25) is 5.82 Å². The topological polar surface area (TPSA) is 84.6 Å². The lowest BCUT2D eigenvalue weighted by Gasteiger charge is -2.09. The van der Waals surface area contributed by atoms with E-state index >= 15 is 0 Å². The van der Waals surface area contributed by atoms with Crippen LogP contribution in [0.1, 0.15) is 42.1 Å². The summed E-state index contributed by atoms with van der Waals surface area (Å²) in [5.74, 6) is 0.594. The quantitative estimate of drug-likeness (QED) is 0.431. The molecule has 0 spiro atoms. The number of hydrogen-bond acceptors (Lipinski definition) is 5. The number of nitrogens with one attached hydrogen (secondary N) is 1. The zero-order chi connectivity index (χ0) is 22.1. The first-order valence-corrected chi connectivity index (χ1v) is 11.0. The first-order chi connectivity index (χ1) is 15.7. The highest BCUT2D eigenvalue weighted by atomic mass is 15.5. The van der Waals surface area contributed by atoms with Crippen molar-refractivity contribution >= 4 is 5.65 Å². The minimum absolute atomic E-state index is 0.594. The van der Waals surface area contributed by atoms with Crippen LogP contribution in [0, 0.1) is 6.92 Å². The SMILES string of the molecule is CCc1cc(C)n2nc(CC)c(Cc3ccc(-c4ccccc4-c4nn[nH]n4)cc3)c2n1. The average Bonchev–Trinajstić information content (AvgIpc) is 3.48. The van der Waals surface area contributed by atoms with E-state index in [1.165, 1.54) is 11.1 Å². The fourth-order valence-corrected chi connectivity index (χ4v) is 4.17. The van der Waals surface area contributed by atoms with Gasteiger partial charge in [0.05, 0.1) is 5.69 Å². The van der Waals surface area contributed by atoms with Gasteiger partial charge in [0.25, 0.3) is 0 Å². The van der Waals surface area contributed by atoms with Crippen molar-refractivity contribution in [3.8, 4) is 22.5 Å². The van der Waals surface area contributed by atoms with Gasteiger partial charge in [-0.2, -0.15) is 10.3 Å². The second kappa shape index (κ2) is 8.34. The highest BCUT2D eigenvalue weighted by Gasteiger charge is 2.16. The summed E-state index contributed by atoms with van der Waals surface area (Å²) < 4.78 is 1.99. The van der Waals surface area contributed by atoms with Crippen LogP contribution in [0.25, 0.3) is 28.2 Å². The van der Waals surface area contributed by atoms with Crippen LogP contribution in [0.2, 0.25) is 0 Å². The van der Waals surface area contributed by atoms with E-state index in [1.807, 2.05) is 22.7 Å². The molecule has 3 aromatic heterocycles. The molecule has 0 aliphatic carbocycles. The molecule has 0 saturated heterocycles. The molecule has 160 valence electrons. The molecule has 0 aliphatic rings. The second-order valence-electron chi connectivity index (χ2n) is 7.91. The summed E-state index contributed by atoms with van der Waals surface area (Å²) in [6.45, 7) is 6.39. The lowest BCUT2D eigenvalue weighted by atomic mass is 9.96. The van der Waals surface area contributed by atoms with Crippen molar-refractivity contribution in [2.24, 2.45) is 0 Å². The lowest BCUT2D eigenvalue weighted by Crippen LogP contribution is -2.00. The highest BCUT2D eigenvalue weighted by molar-refractivity contribution is 5.80. The van der Waals surface area contributed by atoms with Gasteiger partial charge in [-0.3, -0.25) is 0 Å². The summed E-state index contributed by atoms with van der Waals surface area (Å²) in [4.78, 5) is 4.90. The molecular weight excluding hydrogens is 398 g/mol. The predicted octanol–water partition coefficient (Wildman–Crippen LogP) is 4.60. The smallest absolute Gasteiger partial charge is 0.205 e. The van der Waals surface area contributed by atoms with Crippen LogP contribution in [-0.4, -0.2) is 35.2 Å². The predicted molar refractivity (Wildman–Crippen MR) is 124 cm³/mol. The molecule has 32 heavy (non-hydrogen) atoms. The Bertz CT molecular complexity index is 1370. The van der Waals surface area contributed by atoms with E-state index in [1.54, 1.807) is 0 Å². The minimum Gasteiger partial charge on any atom is -0.233 e. The number of aromatic nitrogens is 7. The van der Waals surface area contributed by atoms with E-state index in [-0.39, 0.29) is 0 Å². The van der Waals surface area contributed by atoms with Gasteiger partial charge in [-0.05, 0) is 47.7 Å². The normalized spacial score (nSPS) is 11.3. The standard InChI is InChI=1S/C25H25N7/c1-4-19-14-16(3)32-25(26-19)22(23(5-2)29-32)15-17-10-12-18(13-11-17)20-8-6-7-9-21(20)24-27-30-31-28-24/h6-14H,4-5,15H2,1-3H3,(H,27,28,30,31). The molecule has 5 rings (SSSR count). The van der Waals surface area contributed by atoms with Crippen LogP contribution in [0.15, 0.2) is 54.6 Å². The number of aryl methyl sites for hydroxylation is 3. The largest absolute Gasteiger partial charge is 0.233 e. The fraction of sp³-hybridized carbons (Fsp3) is 0.240.